The van der Waals surface area contributed by atoms with Crippen molar-refractivity contribution in [3.63, 3.8) is 0 Å². The Bertz CT molecular complexity index is 408. The number of carboxylic acids is 1. The highest BCUT2D eigenvalue weighted by Gasteiger charge is 2.43. The van der Waals surface area contributed by atoms with Crippen molar-refractivity contribution in [3.05, 3.63) is 0 Å². The van der Waals surface area contributed by atoms with Gasteiger partial charge >= 0.3 is 5.97 Å². The molecule has 4 nitrogen and oxygen atoms in total. The molecule has 0 bridgehead atoms. The second kappa shape index (κ2) is 5.64. The van der Waals surface area contributed by atoms with Crippen LogP contribution in [0.5, 0.6) is 0 Å². The maximum Gasteiger partial charge on any atom is 0.307 e. The van der Waals surface area contributed by atoms with Gasteiger partial charge in [-0.25, -0.2) is 0 Å². The van der Waals surface area contributed by atoms with Gasteiger partial charge in [-0.05, 0) is 37.5 Å². The molecule has 4 heteroatoms. The summed E-state index contributed by atoms with van der Waals surface area (Å²) in [4.78, 5) is 25.5. The lowest BCUT2D eigenvalue weighted by molar-refractivity contribution is -0.149. The number of carboxylic acid groups (broad SMARTS) is 1. The molecular weight excluding hydrogens is 242 g/mol. The van der Waals surface area contributed by atoms with Crippen molar-refractivity contribution >= 4 is 11.9 Å². The van der Waals surface area contributed by atoms with Gasteiger partial charge < -0.3 is 10.0 Å². The smallest absolute Gasteiger partial charge is 0.307 e. The van der Waals surface area contributed by atoms with Crippen LogP contribution in [-0.4, -0.2) is 35.0 Å². The average Bonchev–Trinajstić information content (AvgIpc) is 3.08. The van der Waals surface area contributed by atoms with E-state index < -0.39 is 11.9 Å². The first kappa shape index (κ1) is 13.9. The lowest BCUT2D eigenvalue weighted by atomic mass is 9.94. The third-order valence-electron chi connectivity index (χ3n) is 4.20. The molecule has 3 atom stereocenters. The standard InChI is InChI=1S/C15H21NO3/c1-3-6-16(9-11-4-5-11)14(17)12-7-10(2)8-13(12)15(18)19/h1,10-13H,4-9H2,2H3,(H,18,19)/t10?,12-,13+/m0/s1. The van der Waals surface area contributed by atoms with E-state index in [0.29, 0.717) is 37.8 Å². The number of hydrogen-bond acceptors (Lipinski definition) is 2. The molecule has 0 spiro atoms. The highest BCUT2D eigenvalue weighted by Crippen LogP contribution is 2.38. The van der Waals surface area contributed by atoms with E-state index in [1.165, 1.54) is 0 Å². The molecule has 1 unspecified atom stereocenters. The van der Waals surface area contributed by atoms with Crippen LogP contribution in [0.2, 0.25) is 0 Å². The van der Waals surface area contributed by atoms with Gasteiger partial charge in [0.25, 0.3) is 0 Å². The first-order valence-electron chi connectivity index (χ1n) is 6.98. The molecule has 2 fully saturated rings. The highest BCUT2D eigenvalue weighted by atomic mass is 16.4. The quantitative estimate of drug-likeness (QED) is 0.767. The van der Waals surface area contributed by atoms with Crippen LogP contribution in [0.1, 0.15) is 32.6 Å². The topological polar surface area (TPSA) is 57.6 Å². The van der Waals surface area contributed by atoms with E-state index in [9.17, 15) is 14.7 Å². The molecule has 0 aromatic carbocycles. The Labute approximate surface area is 114 Å². The Hall–Kier alpha value is -1.50. The van der Waals surface area contributed by atoms with Crippen LogP contribution >= 0.6 is 0 Å². The molecule has 104 valence electrons. The molecule has 2 rings (SSSR count). The Morgan fingerprint density at radius 3 is 2.47 bits per heavy atom. The van der Waals surface area contributed by atoms with Crippen LogP contribution in [0.3, 0.4) is 0 Å². The fourth-order valence-corrected chi connectivity index (χ4v) is 3.03. The SMILES string of the molecule is C#CCN(CC1CC1)C(=O)[C@H]1CC(C)C[C@H]1C(=O)O. The molecule has 0 aromatic heterocycles. The fourth-order valence-electron chi connectivity index (χ4n) is 3.03. The summed E-state index contributed by atoms with van der Waals surface area (Å²) in [5.41, 5.74) is 0. The third kappa shape index (κ3) is 3.28. The van der Waals surface area contributed by atoms with Crippen LogP contribution in [-0.2, 0) is 9.59 Å². The van der Waals surface area contributed by atoms with Crippen LogP contribution in [0.25, 0.3) is 0 Å². The van der Waals surface area contributed by atoms with Crippen LogP contribution in [0.4, 0.5) is 0 Å². The van der Waals surface area contributed by atoms with E-state index in [1.54, 1.807) is 4.90 Å². The number of nitrogens with zero attached hydrogens (tertiary/aromatic N) is 1. The van der Waals surface area contributed by atoms with Gasteiger partial charge in [-0.1, -0.05) is 12.8 Å². The van der Waals surface area contributed by atoms with E-state index in [-0.39, 0.29) is 11.8 Å². The molecule has 2 saturated carbocycles. The lowest BCUT2D eigenvalue weighted by Crippen LogP contribution is -2.40. The van der Waals surface area contributed by atoms with Gasteiger partial charge in [0.05, 0.1) is 18.4 Å². The predicted octanol–water partition coefficient (Wildman–Crippen LogP) is 1.61. The molecular formula is C15H21NO3. The van der Waals surface area contributed by atoms with Gasteiger partial charge in [-0.3, -0.25) is 9.59 Å². The van der Waals surface area contributed by atoms with Gasteiger partial charge in [-0.2, -0.15) is 0 Å². The number of amides is 1. The number of rotatable bonds is 5. The molecule has 19 heavy (non-hydrogen) atoms. The summed E-state index contributed by atoms with van der Waals surface area (Å²) in [6.07, 6.45) is 8.89. The van der Waals surface area contributed by atoms with E-state index in [4.69, 9.17) is 6.42 Å². The number of hydrogen-bond donors (Lipinski definition) is 1. The molecule has 0 aliphatic heterocycles. The summed E-state index contributed by atoms with van der Waals surface area (Å²) in [5, 5.41) is 9.25. The van der Waals surface area contributed by atoms with Gasteiger partial charge in [0, 0.05) is 6.54 Å². The Morgan fingerprint density at radius 1 is 1.32 bits per heavy atom. The minimum Gasteiger partial charge on any atom is -0.481 e. The average molecular weight is 263 g/mol. The van der Waals surface area contributed by atoms with E-state index >= 15 is 0 Å². The minimum atomic E-state index is -0.852. The van der Waals surface area contributed by atoms with E-state index in [2.05, 4.69) is 5.92 Å². The molecule has 2 aliphatic carbocycles. The summed E-state index contributed by atoms with van der Waals surface area (Å²) >= 11 is 0. The highest BCUT2D eigenvalue weighted by molar-refractivity contribution is 5.85. The van der Waals surface area contributed by atoms with Gasteiger partial charge in [0.15, 0.2) is 0 Å². The molecule has 2 aliphatic rings. The number of carbonyl (C=O) groups is 2. The second-order valence-electron chi connectivity index (χ2n) is 5.99. The lowest BCUT2D eigenvalue weighted by Gasteiger charge is -2.25. The summed E-state index contributed by atoms with van der Waals surface area (Å²) in [6, 6.07) is 0. The van der Waals surface area contributed by atoms with Crippen LogP contribution in [0.15, 0.2) is 0 Å². The number of aliphatic carboxylic acids is 1. The first-order valence-corrected chi connectivity index (χ1v) is 6.98. The molecule has 0 aromatic rings. The van der Waals surface area contributed by atoms with Gasteiger partial charge in [0.1, 0.15) is 0 Å². The monoisotopic (exact) mass is 263 g/mol. The van der Waals surface area contributed by atoms with Crippen molar-refractivity contribution in [3.8, 4) is 12.3 Å². The predicted molar refractivity (Wildman–Crippen MR) is 71.2 cm³/mol. The molecule has 0 heterocycles. The van der Waals surface area contributed by atoms with Crippen molar-refractivity contribution in [2.75, 3.05) is 13.1 Å². The fraction of sp³-hybridized carbons (Fsp3) is 0.733. The van der Waals surface area contributed by atoms with Gasteiger partial charge in [-0.15, -0.1) is 6.42 Å². The van der Waals surface area contributed by atoms with Gasteiger partial charge in [0.2, 0.25) is 5.91 Å². The Kier molecular flexibility index (Phi) is 4.14. The Morgan fingerprint density at radius 2 is 1.95 bits per heavy atom. The van der Waals surface area contributed by atoms with E-state index in [0.717, 1.165) is 12.8 Å². The summed E-state index contributed by atoms with van der Waals surface area (Å²) < 4.78 is 0. The molecule has 0 saturated heterocycles. The summed E-state index contributed by atoms with van der Waals surface area (Å²) in [7, 11) is 0. The van der Waals surface area contributed by atoms with Crippen molar-refractivity contribution in [2.24, 2.45) is 23.7 Å². The summed E-state index contributed by atoms with van der Waals surface area (Å²) in [6.45, 7) is 3.00. The zero-order valence-electron chi connectivity index (χ0n) is 11.3. The van der Waals surface area contributed by atoms with E-state index in [1.807, 2.05) is 6.92 Å². The maximum atomic E-state index is 12.5. The first-order chi connectivity index (χ1) is 9.02. The second-order valence-corrected chi connectivity index (χ2v) is 5.99. The van der Waals surface area contributed by atoms with Crippen LogP contribution < -0.4 is 0 Å². The summed E-state index contributed by atoms with van der Waals surface area (Å²) in [5.74, 6) is 1.55. The van der Waals surface area contributed by atoms with Crippen molar-refractivity contribution in [1.29, 1.82) is 0 Å². The van der Waals surface area contributed by atoms with Crippen molar-refractivity contribution in [2.45, 2.75) is 32.6 Å². The number of terminal acetylenes is 1. The number of carbonyl (C=O) groups excluding carboxylic acids is 1. The zero-order chi connectivity index (χ0) is 14.0. The maximum absolute atomic E-state index is 12.5. The zero-order valence-corrected chi connectivity index (χ0v) is 11.3. The van der Waals surface area contributed by atoms with Crippen molar-refractivity contribution in [1.82, 2.24) is 4.90 Å². The third-order valence-corrected chi connectivity index (χ3v) is 4.20. The normalized spacial score (nSPS) is 29.8. The molecule has 0 radical (unpaired) electrons. The van der Waals surface area contributed by atoms with Crippen molar-refractivity contribution < 1.29 is 14.7 Å². The molecule has 1 N–H and O–H groups in total. The minimum absolute atomic E-state index is 0.0541. The largest absolute Gasteiger partial charge is 0.481 e. The Balaban J connectivity index is 2.06. The van der Waals surface area contributed by atoms with Crippen LogP contribution in [0, 0.1) is 36.0 Å². The molecule has 1 amide bonds.